The van der Waals surface area contributed by atoms with E-state index in [1.54, 1.807) is 0 Å². The van der Waals surface area contributed by atoms with Crippen LogP contribution in [0.1, 0.15) is 38.5 Å². The first-order valence-corrected chi connectivity index (χ1v) is 11.2. The molecule has 2 aromatic carbocycles. The van der Waals surface area contributed by atoms with Crippen molar-refractivity contribution in [2.75, 3.05) is 12.8 Å². The zero-order valence-electron chi connectivity index (χ0n) is 14.5. The Morgan fingerprint density at radius 1 is 0.792 bits per heavy atom. The van der Waals surface area contributed by atoms with Gasteiger partial charge in [0.05, 0.1) is 30.7 Å². The van der Waals surface area contributed by atoms with Crippen LogP contribution in [0.15, 0.2) is 60.7 Å². The van der Waals surface area contributed by atoms with Gasteiger partial charge < -0.3 is 5.11 Å². The van der Waals surface area contributed by atoms with Gasteiger partial charge >= 0.3 is 5.97 Å². The smallest absolute Gasteiger partial charge is 0.303 e. The van der Waals surface area contributed by atoms with Gasteiger partial charge in [-0.1, -0.05) is 49.2 Å². The summed E-state index contributed by atoms with van der Waals surface area (Å²) in [6, 6.07) is 21.8. The highest BCUT2D eigenvalue weighted by molar-refractivity contribution is 7.88. The Bertz CT molecular complexity index is 571. The number of carboxylic acids is 1. The van der Waals surface area contributed by atoms with Gasteiger partial charge in [0, 0.05) is 6.42 Å². The molecule has 0 heterocycles. The monoisotopic (exact) mass is 343 g/mol. The van der Waals surface area contributed by atoms with Crippen LogP contribution in [0.2, 0.25) is 0 Å². The highest BCUT2D eigenvalue weighted by atomic mass is 31.2. The summed E-state index contributed by atoms with van der Waals surface area (Å²) in [7, 11) is -1.34. The quantitative estimate of drug-likeness (QED) is 0.501. The van der Waals surface area contributed by atoms with E-state index in [4.69, 9.17) is 5.11 Å². The molecule has 0 bridgehead atoms. The van der Waals surface area contributed by atoms with Crippen LogP contribution < -0.4 is 10.6 Å². The van der Waals surface area contributed by atoms with E-state index >= 15 is 0 Å². The van der Waals surface area contributed by atoms with Crippen molar-refractivity contribution in [1.82, 2.24) is 0 Å². The highest BCUT2D eigenvalue weighted by Gasteiger charge is 2.36. The number of rotatable bonds is 10. The molecule has 0 radical (unpaired) electrons. The predicted octanol–water partition coefficient (Wildman–Crippen LogP) is 4.71. The van der Waals surface area contributed by atoms with Gasteiger partial charge in [0.25, 0.3) is 0 Å². The molecule has 0 aliphatic carbocycles. The molecule has 0 aliphatic rings. The maximum Gasteiger partial charge on any atom is 0.303 e. The van der Waals surface area contributed by atoms with Gasteiger partial charge in [-0.3, -0.25) is 4.79 Å². The number of carboxylic acid groups (broad SMARTS) is 1. The first kappa shape index (κ1) is 18.7. The molecule has 0 aliphatic heterocycles. The third-order valence-electron chi connectivity index (χ3n) is 4.65. The van der Waals surface area contributed by atoms with Gasteiger partial charge in [0.2, 0.25) is 0 Å². The molecule has 24 heavy (non-hydrogen) atoms. The topological polar surface area (TPSA) is 37.3 Å². The summed E-state index contributed by atoms with van der Waals surface area (Å²) < 4.78 is 0. The van der Waals surface area contributed by atoms with E-state index in [0.29, 0.717) is 6.42 Å². The number of carbonyl (C=O) groups is 1. The second kappa shape index (κ2) is 9.59. The SMILES string of the molecule is C[P+](CCCCCCCC(=O)O)(c1ccccc1)c1ccccc1. The van der Waals surface area contributed by atoms with Gasteiger partial charge in [-0.25, -0.2) is 0 Å². The van der Waals surface area contributed by atoms with Crippen molar-refractivity contribution in [2.45, 2.75) is 38.5 Å². The van der Waals surface area contributed by atoms with Crippen molar-refractivity contribution in [1.29, 1.82) is 0 Å². The van der Waals surface area contributed by atoms with E-state index in [9.17, 15) is 4.79 Å². The number of aliphatic carboxylic acids is 1. The molecule has 0 unspecified atom stereocenters. The molecular weight excluding hydrogens is 315 g/mol. The molecule has 0 spiro atoms. The van der Waals surface area contributed by atoms with Crippen molar-refractivity contribution < 1.29 is 9.90 Å². The van der Waals surface area contributed by atoms with E-state index in [1.807, 2.05) is 0 Å². The van der Waals surface area contributed by atoms with Crippen LogP contribution in [0.5, 0.6) is 0 Å². The Labute approximate surface area is 146 Å². The Morgan fingerprint density at radius 2 is 1.25 bits per heavy atom. The van der Waals surface area contributed by atoms with Crippen LogP contribution in [0, 0.1) is 0 Å². The zero-order valence-corrected chi connectivity index (χ0v) is 15.4. The molecule has 0 fully saturated rings. The number of unbranched alkanes of at least 4 members (excludes halogenated alkanes) is 4. The molecular formula is C21H28O2P+. The lowest BCUT2D eigenvalue weighted by molar-refractivity contribution is -0.137. The molecule has 2 rings (SSSR count). The minimum atomic E-state index is -1.34. The number of benzene rings is 2. The van der Waals surface area contributed by atoms with Gasteiger partial charge in [-0.2, -0.15) is 0 Å². The number of hydrogen-bond acceptors (Lipinski definition) is 1. The molecule has 1 N–H and O–H groups in total. The summed E-state index contributed by atoms with van der Waals surface area (Å²) in [6.45, 7) is 2.45. The third-order valence-corrected chi connectivity index (χ3v) is 8.73. The average molecular weight is 343 g/mol. The predicted molar refractivity (Wildman–Crippen MR) is 105 cm³/mol. The lowest BCUT2D eigenvalue weighted by Gasteiger charge is -2.23. The van der Waals surface area contributed by atoms with Crippen LogP contribution in [0.3, 0.4) is 0 Å². The lowest BCUT2D eigenvalue weighted by Crippen LogP contribution is -2.23. The fourth-order valence-corrected chi connectivity index (χ4v) is 6.49. The van der Waals surface area contributed by atoms with E-state index < -0.39 is 13.2 Å². The maximum atomic E-state index is 10.5. The normalized spacial score (nSPS) is 11.4. The fraction of sp³-hybridized carbons (Fsp3) is 0.381. The molecule has 0 amide bonds. The van der Waals surface area contributed by atoms with E-state index in [1.165, 1.54) is 29.6 Å². The highest BCUT2D eigenvalue weighted by Crippen LogP contribution is 2.53. The number of hydrogen-bond donors (Lipinski definition) is 1. The molecule has 2 nitrogen and oxygen atoms in total. The molecule has 0 atom stereocenters. The first-order valence-electron chi connectivity index (χ1n) is 8.81. The molecule has 128 valence electrons. The summed E-state index contributed by atoms with van der Waals surface area (Å²) >= 11 is 0. The van der Waals surface area contributed by atoms with Crippen LogP contribution in [-0.2, 0) is 4.79 Å². The molecule has 2 aromatic rings. The Morgan fingerprint density at radius 3 is 1.75 bits per heavy atom. The van der Waals surface area contributed by atoms with Crippen molar-refractivity contribution in [3.63, 3.8) is 0 Å². The van der Waals surface area contributed by atoms with E-state index in [-0.39, 0.29) is 0 Å². The molecule has 0 saturated carbocycles. The molecule has 0 aromatic heterocycles. The second-order valence-corrected chi connectivity index (χ2v) is 10.4. The average Bonchev–Trinajstić information content (AvgIpc) is 2.62. The van der Waals surface area contributed by atoms with E-state index in [2.05, 4.69) is 67.3 Å². The Kier molecular flexibility index (Phi) is 7.46. The van der Waals surface area contributed by atoms with Crippen LogP contribution in [0.4, 0.5) is 0 Å². The summed E-state index contributed by atoms with van der Waals surface area (Å²) in [5, 5.41) is 11.6. The van der Waals surface area contributed by atoms with Crippen molar-refractivity contribution in [3.8, 4) is 0 Å². The summed E-state index contributed by atoms with van der Waals surface area (Å²) in [5.74, 6) is -0.679. The largest absolute Gasteiger partial charge is 0.481 e. The maximum absolute atomic E-state index is 10.5. The third kappa shape index (κ3) is 5.46. The first-order chi connectivity index (χ1) is 11.6. The van der Waals surface area contributed by atoms with E-state index in [0.717, 1.165) is 19.3 Å². The van der Waals surface area contributed by atoms with Crippen LogP contribution in [-0.4, -0.2) is 23.9 Å². The minimum absolute atomic E-state index is 0.304. The van der Waals surface area contributed by atoms with Crippen molar-refractivity contribution in [2.24, 2.45) is 0 Å². The second-order valence-electron chi connectivity index (χ2n) is 6.50. The minimum Gasteiger partial charge on any atom is -0.481 e. The van der Waals surface area contributed by atoms with Crippen LogP contribution in [0.25, 0.3) is 0 Å². The van der Waals surface area contributed by atoms with Gasteiger partial charge in [-0.15, -0.1) is 0 Å². The molecule has 3 heteroatoms. The standard InChI is InChI=1S/C21H27O2P/c1-24(19-13-7-5-8-14-19,20-15-9-6-10-16-20)18-12-4-2-3-11-17-21(22)23/h5-10,13-16H,2-4,11-12,17-18H2,1H3/p+1. The Balaban J connectivity index is 1.94. The Hall–Kier alpha value is -1.66. The molecule has 0 saturated heterocycles. The zero-order chi connectivity index (χ0) is 17.3. The van der Waals surface area contributed by atoms with Crippen molar-refractivity contribution in [3.05, 3.63) is 60.7 Å². The fourth-order valence-electron chi connectivity index (χ4n) is 3.16. The lowest BCUT2D eigenvalue weighted by atomic mass is 10.1. The van der Waals surface area contributed by atoms with Crippen molar-refractivity contribution >= 4 is 23.8 Å². The van der Waals surface area contributed by atoms with Gasteiger partial charge in [-0.05, 0) is 43.5 Å². The summed E-state index contributed by atoms with van der Waals surface area (Å²) in [5.41, 5.74) is 0. The summed E-state index contributed by atoms with van der Waals surface area (Å²) in [4.78, 5) is 10.5. The van der Waals surface area contributed by atoms with Gasteiger partial charge in [0.1, 0.15) is 0 Å². The van der Waals surface area contributed by atoms with Gasteiger partial charge in [0.15, 0.2) is 0 Å². The summed E-state index contributed by atoms with van der Waals surface area (Å²) in [6.07, 6.45) is 6.89. The van der Waals surface area contributed by atoms with Crippen LogP contribution >= 0.6 is 7.26 Å².